The lowest BCUT2D eigenvalue weighted by Crippen LogP contribution is -2.49. The molecule has 1 aromatic carbocycles. The molecular formula is C17H20N2O2. The van der Waals surface area contributed by atoms with E-state index in [1.54, 1.807) is 4.90 Å². The predicted molar refractivity (Wildman–Crippen MR) is 80.7 cm³/mol. The van der Waals surface area contributed by atoms with E-state index >= 15 is 0 Å². The van der Waals surface area contributed by atoms with Gasteiger partial charge >= 0.3 is 0 Å². The van der Waals surface area contributed by atoms with Gasteiger partial charge < -0.3 is 10.2 Å². The molecule has 0 aromatic heterocycles. The highest BCUT2D eigenvalue weighted by atomic mass is 16.2. The highest BCUT2D eigenvalue weighted by Crippen LogP contribution is 2.30. The minimum atomic E-state index is -0.377. The first-order valence-electron chi connectivity index (χ1n) is 7.40. The smallest absolute Gasteiger partial charge is 0.255 e. The van der Waals surface area contributed by atoms with Gasteiger partial charge in [-0.05, 0) is 36.0 Å². The number of benzene rings is 1. The molecule has 1 saturated heterocycles. The van der Waals surface area contributed by atoms with Crippen LogP contribution in [0.2, 0.25) is 0 Å². The number of carbonyl (C=O) groups excluding carboxylic acids is 2. The molecule has 110 valence electrons. The number of nitrogens with zero attached hydrogens (tertiary/aromatic N) is 1. The Kier molecular flexibility index (Phi) is 3.32. The highest BCUT2D eigenvalue weighted by molar-refractivity contribution is 6.01. The molecule has 2 amide bonds. The van der Waals surface area contributed by atoms with Crippen LogP contribution in [0.3, 0.4) is 0 Å². The van der Waals surface area contributed by atoms with Crippen molar-refractivity contribution in [1.29, 1.82) is 0 Å². The van der Waals surface area contributed by atoms with Gasteiger partial charge in [-0.2, -0.15) is 0 Å². The first-order valence-corrected chi connectivity index (χ1v) is 7.40. The number of nitrogens with one attached hydrogen (secondary N) is 1. The zero-order valence-corrected chi connectivity index (χ0v) is 12.5. The van der Waals surface area contributed by atoms with Gasteiger partial charge in [0.25, 0.3) is 5.91 Å². The summed E-state index contributed by atoms with van der Waals surface area (Å²) in [6.45, 7) is 8.58. The highest BCUT2D eigenvalue weighted by Gasteiger charge is 2.38. The summed E-state index contributed by atoms with van der Waals surface area (Å²) in [5.41, 5.74) is 3.73. The van der Waals surface area contributed by atoms with Crippen molar-refractivity contribution in [2.75, 3.05) is 0 Å². The molecule has 0 radical (unpaired) electrons. The molecular weight excluding hydrogens is 264 g/mol. The molecule has 1 N–H and O–H groups in total. The van der Waals surface area contributed by atoms with Crippen LogP contribution in [0.25, 0.3) is 0 Å². The minimum Gasteiger partial charge on any atom is -0.329 e. The lowest BCUT2D eigenvalue weighted by atomic mass is 9.98. The summed E-state index contributed by atoms with van der Waals surface area (Å²) in [7, 11) is 0. The van der Waals surface area contributed by atoms with Crippen LogP contribution in [0.15, 0.2) is 30.5 Å². The van der Waals surface area contributed by atoms with Crippen molar-refractivity contribution in [2.45, 2.75) is 45.2 Å². The second kappa shape index (κ2) is 5.02. The monoisotopic (exact) mass is 284 g/mol. The number of fused-ring (bicyclic) bond motifs is 1. The second-order valence-electron chi connectivity index (χ2n) is 6.15. The van der Waals surface area contributed by atoms with Gasteiger partial charge in [0.15, 0.2) is 0 Å². The Labute approximate surface area is 124 Å². The van der Waals surface area contributed by atoms with Crippen molar-refractivity contribution < 1.29 is 9.59 Å². The number of rotatable bonds is 2. The third kappa shape index (κ3) is 2.35. The molecule has 1 aromatic rings. The fraction of sp³-hybridized carbons (Fsp3) is 0.412. The maximum Gasteiger partial charge on any atom is 0.255 e. The molecule has 21 heavy (non-hydrogen) atoms. The molecule has 2 aliphatic rings. The van der Waals surface area contributed by atoms with Crippen LogP contribution in [-0.4, -0.2) is 22.8 Å². The number of piperidine rings is 1. The second-order valence-corrected chi connectivity index (χ2v) is 6.15. The fourth-order valence-electron chi connectivity index (χ4n) is 3.03. The van der Waals surface area contributed by atoms with E-state index in [4.69, 9.17) is 0 Å². The molecule has 0 spiro atoms. The molecule has 1 atom stereocenters. The van der Waals surface area contributed by atoms with Crippen molar-refractivity contribution in [3.8, 4) is 0 Å². The van der Waals surface area contributed by atoms with Crippen LogP contribution < -0.4 is 5.32 Å². The molecule has 2 aliphatic heterocycles. The third-order valence-electron chi connectivity index (χ3n) is 4.33. The van der Waals surface area contributed by atoms with Crippen molar-refractivity contribution >= 4 is 11.8 Å². The summed E-state index contributed by atoms with van der Waals surface area (Å²) < 4.78 is 0. The molecule has 0 aliphatic carbocycles. The maximum absolute atomic E-state index is 12.5. The SMILES string of the molecule is C=C1CC[C@H](N2Cc3cc(C(C)C)ccc3C2=O)C(=O)N1. The van der Waals surface area contributed by atoms with Crippen molar-refractivity contribution in [3.05, 3.63) is 47.2 Å². The molecule has 2 heterocycles. The zero-order valence-electron chi connectivity index (χ0n) is 12.5. The first kappa shape index (κ1) is 13.9. The molecule has 0 bridgehead atoms. The Hall–Kier alpha value is -2.10. The normalized spacial score (nSPS) is 21.8. The van der Waals surface area contributed by atoms with Crippen LogP contribution in [0, 0.1) is 0 Å². The summed E-state index contributed by atoms with van der Waals surface area (Å²) in [6.07, 6.45) is 1.38. The van der Waals surface area contributed by atoms with Crippen LogP contribution in [0.5, 0.6) is 0 Å². The van der Waals surface area contributed by atoms with E-state index in [-0.39, 0.29) is 17.9 Å². The van der Waals surface area contributed by atoms with E-state index in [1.165, 1.54) is 5.56 Å². The lowest BCUT2D eigenvalue weighted by Gasteiger charge is -2.30. The number of amides is 2. The van der Waals surface area contributed by atoms with Crippen LogP contribution in [0.4, 0.5) is 0 Å². The standard InChI is InChI=1S/C17H20N2O2/c1-10(2)12-5-6-14-13(8-12)9-19(17(14)21)15-7-4-11(3)18-16(15)20/h5-6,8,10,15H,3-4,7,9H2,1-2H3,(H,18,20)/t15-/m0/s1. The average molecular weight is 284 g/mol. The minimum absolute atomic E-state index is 0.0343. The van der Waals surface area contributed by atoms with E-state index < -0.39 is 0 Å². The van der Waals surface area contributed by atoms with E-state index in [0.717, 1.165) is 23.2 Å². The Balaban J connectivity index is 1.86. The molecule has 4 nitrogen and oxygen atoms in total. The van der Waals surface area contributed by atoms with Gasteiger partial charge in [0, 0.05) is 17.8 Å². The number of hydrogen-bond donors (Lipinski definition) is 1. The summed E-state index contributed by atoms with van der Waals surface area (Å²) in [5, 5.41) is 2.76. The Morgan fingerprint density at radius 3 is 2.76 bits per heavy atom. The van der Waals surface area contributed by atoms with Gasteiger partial charge in [0.1, 0.15) is 6.04 Å². The molecule has 4 heteroatoms. The van der Waals surface area contributed by atoms with Gasteiger partial charge in [-0.1, -0.05) is 32.6 Å². The number of carbonyl (C=O) groups is 2. The third-order valence-corrected chi connectivity index (χ3v) is 4.33. The summed E-state index contributed by atoms with van der Waals surface area (Å²) in [4.78, 5) is 26.3. The van der Waals surface area contributed by atoms with E-state index in [1.807, 2.05) is 12.1 Å². The van der Waals surface area contributed by atoms with E-state index in [0.29, 0.717) is 18.9 Å². The van der Waals surface area contributed by atoms with Crippen LogP contribution in [-0.2, 0) is 11.3 Å². The predicted octanol–water partition coefficient (Wildman–Crippen LogP) is 2.56. The first-order chi connectivity index (χ1) is 9.97. The molecule has 3 rings (SSSR count). The van der Waals surface area contributed by atoms with Gasteiger partial charge in [0.2, 0.25) is 5.91 Å². The maximum atomic E-state index is 12.5. The summed E-state index contributed by atoms with van der Waals surface area (Å²) in [5.74, 6) is 0.283. The summed E-state index contributed by atoms with van der Waals surface area (Å²) >= 11 is 0. The molecule has 0 saturated carbocycles. The average Bonchev–Trinajstić information content (AvgIpc) is 2.75. The summed E-state index contributed by atoms with van der Waals surface area (Å²) in [6, 6.07) is 5.62. The van der Waals surface area contributed by atoms with Gasteiger partial charge in [-0.3, -0.25) is 9.59 Å². The van der Waals surface area contributed by atoms with Gasteiger partial charge in [-0.15, -0.1) is 0 Å². The number of hydrogen-bond acceptors (Lipinski definition) is 2. The molecule has 1 fully saturated rings. The molecule has 0 unspecified atom stereocenters. The van der Waals surface area contributed by atoms with Gasteiger partial charge in [0.05, 0.1) is 0 Å². The van der Waals surface area contributed by atoms with E-state index in [2.05, 4.69) is 31.8 Å². The zero-order chi connectivity index (χ0) is 15.1. The Morgan fingerprint density at radius 2 is 2.10 bits per heavy atom. The topological polar surface area (TPSA) is 49.4 Å². The lowest BCUT2D eigenvalue weighted by molar-refractivity contribution is -0.126. The fourth-order valence-corrected chi connectivity index (χ4v) is 3.03. The van der Waals surface area contributed by atoms with Crippen LogP contribution >= 0.6 is 0 Å². The number of allylic oxidation sites excluding steroid dienone is 1. The van der Waals surface area contributed by atoms with Crippen molar-refractivity contribution in [3.63, 3.8) is 0 Å². The van der Waals surface area contributed by atoms with Crippen molar-refractivity contribution in [1.82, 2.24) is 10.2 Å². The van der Waals surface area contributed by atoms with Gasteiger partial charge in [-0.25, -0.2) is 0 Å². The van der Waals surface area contributed by atoms with E-state index in [9.17, 15) is 9.59 Å². The Morgan fingerprint density at radius 1 is 1.33 bits per heavy atom. The largest absolute Gasteiger partial charge is 0.329 e. The van der Waals surface area contributed by atoms with Crippen LogP contribution in [0.1, 0.15) is 54.1 Å². The Bertz CT molecular complexity index is 634. The van der Waals surface area contributed by atoms with Crippen molar-refractivity contribution in [2.24, 2.45) is 0 Å². The quantitative estimate of drug-likeness (QED) is 0.907.